The summed E-state index contributed by atoms with van der Waals surface area (Å²) in [6.45, 7) is 2.48. The van der Waals surface area contributed by atoms with Gasteiger partial charge in [-0.25, -0.2) is 0 Å². The lowest BCUT2D eigenvalue weighted by molar-refractivity contribution is -0.119. The van der Waals surface area contributed by atoms with Crippen LogP contribution in [0.5, 0.6) is 0 Å². The van der Waals surface area contributed by atoms with Crippen LogP contribution in [0.4, 0.5) is 11.4 Å². The van der Waals surface area contributed by atoms with E-state index < -0.39 is 0 Å². The van der Waals surface area contributed by atoms with Gasteiger partial charge in [0, 0.05) is 24.4 Å². The molecule has 0 aromatic heterocycles. The van der Waals surface area contributed by atoms with E-state index in [2.05, 4.69) is 21.2 Å². The van der Waals surface area contributed by atoms with Crippen LogP contribution in [0.2, 0.25) is 5.02 Å². The van der Waals surface area contributed by atoms with Gasteiger partial charge >= 0.3 is 0 Å². The molecule has 2 aromatic carbocycles. The number of nitrogens with one attached hydrogen (secondary N) is 3. The summed E-state index contributed by atoms with van der Waals surface area (Å²) in [7, 11) is 3.02. The summed E-state index contributed by atoms with van der Waals surface area (Å²) in [4.78, 5) is 11.6. The third-order valence-corrected chi connectivity index (χ3v) is 4.07. The van der Waals surface area contributed by atoms with Crippen LogP contribution in [0, 0.1) is 0 Å². The zero-order chi connectivity index (χ0) is 21.1. The lowest BCUT2D eigenvalue weighted by Crippen LogP contribution is -2.22. The van der Waals surface area contributed by atoms with Gasteiger partial charge in [0.1, 0.15) is 6.61 Å². The molecule has 2 rings (SSSR count). The van der Waals surface area contributed by atoms with Gasteiger partial charge < -0.3 is 20.1 Å². The van der Waals surface area contributed by atoms with Crippen molar-refractivity contribution in [2.45, 2.75) is 13.5 Å². The number of nitrogens with zero attached hydrogens (tertiary/aromatic N) is 1. The molecule has 0 aliphatic heterocycles. The molecule has 0 unspecified atom stereocenters. The van der Waals surface area contributed by atoms with Gasteiger partial charge in [0.05, 0.1) is 18.5 Å². The minimum Gasteiger partial charge on any atom is -0.479 e. The Hall–Kier alpha value is -3.03. The van der Waals surface area contributed by atoms with E-state index in [-0.39, 0.29) is 12.5 Å². The highest BCUT2D eigenvalue weighted by Gasteiger charge is 2.07. The molecule has 2 aromatic rings. The minimum atomic E-state index is -0.228. The van der Waals surface area contributed by atoms with Crippen molar-refractivity contribution in [2.24, 2.45) is 5.10 Å². The van der Waals surface area contributed by atoms with E-state index in [4.69, 9.17) is 21.1 Å². The van der Waals surface area contributed by atoms with Gasteiger partial charge in [-0.15, -0.1) is 5.10 Å². The number of carbonyl (C=O) groups is 1. The number of allylic oxidation sites excluding steroid dienone is 1. The molecule has 0 radical (unpaired) electrons. The van der Waals surface area contributed by atoms with Crippen molar-refractivity contribution in [3.63, 3.8) is 0 Å². The average Bonchev–Trinajstić information content (AvgIpc) is 2.72. The number of ether oxygens (including phenoxy) is 2. The molecule has 3 N–H and O–H groups in total. The van der Waals surface area contributed by atoms with Gasteiger partial charge in [-0.3, -0.25) is 10.2 Å². The molecule has 8 heteroatoms. The fourth-order valence-electron chi connectivity index (χ4n) is 2.43. The average molecular weight is 417 g/mol. The second-order valence-electron chi connectivity index (χ2n) is 5.98. The van der Waals surface area contributed by atoms with Crippen molar-refractivity contribution in [2.75, 3.05) is 31.6 Å². The predicted octanol–water partition coefficient (Wildman–Crippen LogP) is 3.99. The topological polar surface area (TPSA) is 84.0 Å². The summed E-state index contributed by atoms with van der Waals surface area (Å²) in [6, 6.07) is 14.8. The van der Waals surface area contributed by atoms with Crippen LogP contribution in [0.1, 0.15) is 12.5 Å². The van der Waals surface area contributed by atoms with Crippen LogP contribution < -0.4 is 16.1 Å². The summed E-state index contributed by atoms with van der Waals surface area (Å²) >= 11 is 5.92. The fourth-order valence-corrected chi connectivity index (χ4v) is 2.55. The lowest BCUT2D eigenvalue weighted by Gasteiger charge is -2.13. The summed E-state index contributed by atoms with van der Waals surface area (Å²) in [5.74, 6) is 0.170. The molecule has 0 fully saturated rings. The lowest BCUT2D eigenvalue weighted by atomic mass is 10.2. The van der Waals surface area contributed by atoms with Crippen molar-refractivity contribution in [1.29, 1.82) is 0 Å². The Labute approximate surface area is 175 Å². The number of carbonyl (C=O) groups excluding carboxylic acids is 1. The molecule has 0 saturated heterocycles. The number of amides is 1. The maximum Gasteiger partial charge on any atom is 0.254 e. The molecule has 0 saturated carbocycles. The normalized spacial score (nSPS) is 11.7. The number of halogens is 1. The zero-order valence-electron chi connectivity index (χ0n) is 16.7. The second kappa shape index (κ2) is 11.7. The first kappa shape index (κ1) is 22.3. The van der Waals surface area contributed by atoms with E-state index >= 15 is 0 Å². The maximum atomic E-state index is 11.6. The molecule has 29 heavy (non-hydrogen) atoms. The quantitative estimate of drug-likeness (QED) is 0.327. The van der Waals surface area contributed by atoms with Crippen molar-refractivity contribution >= 4 is 34.8 Å². The molecule has 0 aliphatic carbocycles. The minimum absolute atomic E-state index is 0.00637. The number of hydrazone groups is 1. The van der Waals surface area contributed by atoms with E-state index in [1.54, 1.807) is 19.2 Å². The van der Waals surface area contributed by atoms with Gasteiger partial charge in [-0.1, -0.05) is 35.9 Å². The third-order valence-electron chi connectivity index (χ3n) is 3.82. The highest BCUT2D eigenvalue weighted by atomic mass is 35.5. The first-order valence-corrected chi connectivity index (χ1v) is 9.35. The SMILES string of the molecule is C/C=C(NCc1ccc(Cl)cc1)/C(=N\Nc1cccc(NC(=O)COC)c1)OC. The summed E-state index contributed by atoms with van der Waals surface area (Å²) < 4.78 is 10.2. The maximum absolute atomic E-state index is 11.6. The predicted molar refractivity (Wildman–Crippen MR) is 117 cm³/mol. The molecular formula is C21H25ClN4O3. The first-order valence-electron chi connectivity index (χ1n) is 8.97. The molecule has 0 aliphatic rings. The van der Waals surface area contributed by atoms with Crippen molar-refractivity contribution in [1.82, 2.24) is 5.32 Å². The first-order chi connectivity index (χ1) is 14.0. The van der Waals surface area contributed by atoms with E-state index in [1.807, 2.05) is 49.4 Å². The number of anilines is 2. The third kappa shape index (κ3) is 7.48. The number of hydrogen-bond acceptors (Lipinski definition) is 6. The summed E-state index contributed by atoms with van der Waals surface area (Å²) in [6.07, 6.45) is 1.88. The Morgan fingerprint density at radius 2 is 1.86 bits per heavy atom. The van der Waals surface area contributed by atoms with Crippen molar-refractivity contribution in [3.05, 3.63) is 70.9 Å². The second-order valence-corrected chi connectivity index (χ2v) is 6.41. The van der Waals surface area contributed by atoms with Crippen LogP contribution in [0.25, 0.3) is 0 Å². The van der Waals surface area contributed by atoms with Gasteiger partial charge in [0.25, 0.3) is 5.90 Å². The zero-order valence-corrected chi connectivity index (χ0v) is 17.4. The van der Waals surface area contributed by atoms with Crippen molar-refractivity contribution in [3.8, 4) is 0 Å². The van der Waals surface area contributed by atoms with Gasteiger partial charge in [0.15, 0.2) is 0 Å². The van der Waals surface area contributed by atoms with Crippen LogP contribution in [0.3, 0.4) is 0 Å². The Morgan fingerprint density at radius 1 is 1.14 bits per heavy atom. The molecule has 1 amide bonds. The molecular weight excluding hydrogens is 392 g/mol. The summed E-state index contributed by atoms with van der Waals surface area (Å²) in [5.41, 5.74) is 6.09. The van der Waals surface area contributed by atoms with E-state index in [0.717, 1.165) is 11.3 Å². The van der Waals surface area contributed by atoms with E-state index in [1.165, 1.54) is 7.11 Å². The van der Waals surface area contributed by atoms with E-state index in [0.29, 0.717) is 28.8 Å². The van der Waals surface area contributed by atoms with Gasteiger partial charge in [0.2, 0.25) is 5.91 Å². The van der Waals surface area contributed by atoms with Crippen LogP contribution in [0.15, 0.2) is 65.4 Å². The van der Waals surface area contributed by atoms with Crippen LogP contribution >= 0.6 is 11.6 Å². The molecule has 0 atom stereocenters. The smallest absolute Gasteiger partial charge is 0.254 e. The Bertz CT molecular complexity index is 866. The Kier molecular flexibility index (Phi) is 9.01. The number of hydrogen-bond donors (Lipinski definition) is 3. The largest absolute Gasteiger partial charge is 0.479 e. The molecule has 0 heterocycles. The standard InChI is InChI=1S/C21H25ClN4O3/c1-4-19(23-13-15-8-10-16(22)11-9-15)21(29-3)26-25-18-7-5-6-17(12-18)24-20(27)14-28-2/h4-12,23,25H,13-14H2,1-3H3,(H,24,27)/b19-4-,26-21+. The van der Waals surface area contributed by atoms with Crippen molar-refractivity contribution < 1.29 is 14.3 Å². The van der Waals surface area contributed by atoms with Gasteiger partial charge in [-0.2, -0.15) is 0 Å². The summed E-state index contributed by atoms with van der Waals surface area (Å²) in [5, 5.41) is 11.1. The van der Waals surface area contributed by atoms with Crippen LogP contribution in [-0.2, 0) is 20.8 Å². The van der Waals surface area contributed by atoms with Crippen LogP contribution in [-0.4, -0.2) is 32.6 Å². The highest BCUT2D eigenvalue weighted by molar-refractivity contribution is 6.30. The molecule has 7 nitrogen and oxygen atoms in total. The number of benzene rings is 2. The number of rotatable bonds is 9. The highest BCUT2D eigenvalue weighted by Crippen LogP contribution is 2.15. The van der Waals surface area contributed by atoms with Gasteiger partial charge in [-0.05, 0) is 42.8 Å². The molecule has 0 spiro atoms. The Morgan fingerprint density at radius 3 is 2.52 bits per heavy atom. The number of methoxy groups -OCH3 is 2. The molecule has 0 bridgehead atoms. The van der Waals surface area contributed by atoms with E-state index in [9.17, 15) is 4.79 Å². The Balaban J connectivity index is 2.02. The molecule has 154 valence electrons. The fraction of sp³-hybridized carbons (Fsp3) is 0.238. The monoisotopic (exact) mass is 416 g/mol.